The number of methoxy groups -OCH3 is 1. The van der Waals surface area contributed by atoms with Crippen LogP contribution >= 0.6 is 0 Å². The highest BCUT2D eigenvalue weighted by atomic mass is 16.7. The number of ether oxygens (including phenoxy) is 2. The van der Waals surface area contributed by atoms with Crippen molar-refractivity contribution in [2.75, 3.05) is 7.11 Å². The third kappa shape index (κ3) is 2.11. The Morgan fingerprint density at radius 1 is 1.19 bits per heavy atom. The van der Waals surface area contributed by atoms with Crippen LogP contribution in [0.5, 0.6) is 0 Å². The molecule has 5 saturated carbocycles. The van der Waals surface area contributed by atoms with E-state index in [0.29, 0.717) is 18.4 Å². The Hall–Kier alpha value is -1.42. The van der Waals surface area contributed by atoms with Gasteiger partial charge in [0.15, 0.2) is 5.78 Å². The van der Waals surface area contributed by atoms with Crippen LogP contribution < -0.4 is 0 Å². The van der Waals surface area contributed by atoms with Crippen LogP contribution in [0.25, 0.3) is 0 Å². The minimum atomic E-state index is -0.881. The van der Waals surface area contributed by atoms with Crippen molar-refractivity contribution in [3.05, 3.63) is 25.0 Å². The lowest BCUT2D eigenvalue weighted by Crippen LogP contribution is -2.67. The third-order valence-corrected chi connectivity index (χ3v) is 8.07. The molecule has 0 N–H and O–H groups in total. The fourth-order valence-electron chi connectivity index (χ4n) is 6.97. The summed E-state index contributed by atoms with van der Waals surface area (Å²) in [7, 11) is 1.68. The van der Waals surface area contributed by atoms with Crippen LogP contribution in [0.3, 0.4) is 0 Å². The van der Waals surface area contributed by atoms with Gasteiger partial charge < -0.3 is 9.47 Å². The molecule has 6 atom stereocenters. The molecule has 6 unspecified atom stereocenters. The summed E-state index contributed by atoms with van der Waals surface area (Å²) in [4.78, 5) is 26.7. The lowest BCUT2D eigenvalue weighted by atomic mass is 9.39. The van der Waals surface area contributed by atoms with Gasteiger partial charge in [-0.05, 0) is 55.4 Å². The SMILES string of the molecule is C=COC(OC)C12CCCCCC1CC(=O)C13CCC(CC12)C(=C)C3=O. The quantitative estimate of drug-likeness (QED) is 0.327. The topological polar surface area (TPSA) is 52.6 Å². The van der Waals surface area contributed by atoms with Crippen molar-refractivity contribution in [3.63, 3.8) is 0 Å². The number of Topliss-reactive ketones (excluding diaryl/α,β-unsaturated/α-hetero) is 2. The maximum atomic E-state index is 13.4. The standard InChI is InChI=1S/C22H30O4/c1-4-26-20(25-3)21-10-7-5-6-8-16(21)13-18(23)22-11-9-15(12-17(21)22)14(2)19(22)24/h4,15-17,20H,1-2,5-13H2,3H3. The van der Waals surface area contributed by atoms with Gasteiger partial charge in [0.25, 0.3) is 0 Å². The van der Waals surface area contributed by atoms with Crippen LogP contribution in [-0.2, 0) is 19.1 Å². The van der Waals surface area contributed by atoms with Crippen molar-refractivity contribution in [2.24, 2.45) is 28.6 Å². The summed E-state index contributed by atoms with van der Waals surface area (Å²) in [5.74, 6) is 0.607. The van der Waals surface area contributed by atoms with Gasteiger partial charge in [0.05, 0.1) is 11.7 Å². The molecule has 142 valence electrons. The second-order valence-corrected chi connectivity index (χ2v) is 8.76. The Bertz CT molecular complexity index is 653. The Labute approximate surface area is 156 Å². The van der Waals surface area contributed by atoms with E-state index in [2.05, 4.69) is 13.2 Å². The first-order chi connectivity index (χ1) is 12.5. The number of rotatable bonds is 4. The zero-order chi connectivity index (χ0) is 18.5. The van der Waals surface area contributed by atoms with Crippen molar-refractivity contribution in [2.45, 2.75) is 64.1 Å². The minimum absolute atomic E-state index is 0.000926. The summed E-state index contributed by atoms with van der Waals surface area (Å²) in [6, 6.07) is 0. The fraction of sp³-hybridized carbons (Fsp3) is 0.727. The minimum Gasteiger partial charge on any atom is -0.473 e. The van der Waals surface area contributed by atoms with Crippen molar-refractivity contribution < 1.29 is 19.1 Å². The van der Waals surface area contributed by atoms with Gasteiger partial charge in [0.2, 0.25) is 6.29 Å². The highest BCUT2D eigenvalue weighted by Crippen LogP contribution is 2.68. The molecule has 26 heavy (non-hydrogen) atoms. The Morgan fingerprint density at radius 2 is 2.00 bits per heavy atom. The second kappa shape index (κ2) is 6.33. The first kappa shape index (κ1) is 18.0. The number of hydrogen-bond donors (Lipinski definition) is 0. The number of ketones is 2. The molecular formula is C22H30O4. The average Bonchev–Trinajstić information content (AvgIpc) is 2.86. The summed E-state index contributed by atoms with van der Waals surface area (Å²) in [5, 5.41) is 0. The number of allylic oxidation sites excluding steroid dienone is 1. The summed E-state index contributed by atoms with van der Waals surface area (Å²) in [6.07, 6.45) is 9.30. The molecule has 0 aromatic carbocycles. The monoisotopic (exact) mass is 358 g/mol. The second-order valence-electron chi connectivity index (χ2n) is 8.76. The van der Waals surface area contributed by atoms with Gasteiger partial charge in [-0.3, -0.25) is 9.59 Å². The van der Waals surface area contributed by atoms with E-state index in [1.165, 1.54) is 12.7 Å². The molecule has 5 aliphatic carbocycles. The van der Waals surface area contributed by atoms with E-state index in [1.54, 1.807) is 7.11 Å². The van der Waals surface area contributed by atoms with E-state index < -0.39 is 11.7 Å². The lowest BCUT2D eigenvalue weighted by molar-refractivity contribution is -0.243. The van der Waals surface area contributed by atoms with E-state index in [4.69, 9.17) is 9.47 Å². The maximum absolute atomic E-state index is 13.4. The molecule has 0 heterocycles. The van der Waals surface area contributed by atoms with Crippen molar-refractivity contribution in [1.29, 1.82) is 0 Å². The first-order valence-electron chi connectivity index (χ1n) is 10.1. The molecule has 0 aromatic rings. The Balaban J connectivity index is 1.89. The largest absolute Gasteiger partial charge is 0.473 e. The van der Waals surface area contributed by atoms with E-state index in [1.807, 2.05) is 0 Å². The smallest absolute Gasteiger partial charge is 0.204 e. The van der Waals surface area contributed by atoms with Crippen molar-refractivity contribution >= 4 is 11.6 Å². The van der Waals surface area contributed by atoms with Gasteiger partial charge in [-0.2, -0.15) is 0 Å². The molecule has 1 spiro atoms. The highest BCUT2D eigenvalue weighted by molar-refractivity contribution is 6.16. The zero-order valence-electron chi connectivity index (χ0n) is 15.8. The molecule has 0 aromatic heterocycles. The number of fused-ring (bicyclic) bond motifs is 3. The van der Waals surface area contributed by atoms with Gasteiger partial charge in [-0.25, -0.2) is 0 Å². The molecule has 5 fully saturated rings. The Morgan fingerprint density at radius 3 is 2.73 bits per heavy atom. The van der Waals surface area contributed by atoms with E-state index in [9.17, 15) is 9.59 Å². The maximum Gasteiger partial charge on any atom is 0.204 e. The van der Waals surface area contributed by atoms with Crippen LogP contribution in [0.1, 0.15) is 57.8 Å². The van der Waals surface area contributed by atoms with Gasteiger partial charge >= 0.3 is 0 Å². The van der Waals surface area contributed by atoms with Crippen LogP contribution in [0, 0.1) is 28.6 Å². The summed E-state index contributed by atoms with van der Waals surface area (Å²) in [5.41, 5.74) is -0.488. The molecule has 0 saturated heterocycles. The first-order valence-corrected chi connectivity index (χ1v) is 10.1. The molecule has 0 amide bonds. The average molecular weight is 358 g/mol. The molecule has 2 bridgehead atoms. The predicted octanol–water partition coefficient (Wildman–Crippen LogP) is 4.20. The highest BCUT2D eigenvalue weighted by Gasteiger charge is 2.71. The van der Waals surface area contributed by atoms with Crippen LogP contribution in [0.15, 0.2) is 25.0 Å². The molecular weight excluding hydrogens is 328 g/mol. The number of carbonyl (C=O) groups is 2. The molecule has 5 aliphatic rings. The van der Waals surface area contributed by atoms with Gasteiger partial charge in [0.1, 0.15) is 5.78 Å². The summed E-state index contributed by atoms with van der Waals surface area (Å²) >= 11 is 0. The van der Waals surface area contributed by atoms with E-state index in [-0.39, 0.29) is 34.7 Å². The van der Waals surface area contributed by atoms with Gasteiger partial charge in [-0.15, -0.1) is 0 Å². The van der Waals surface area contributed by atoms with Crippen LogP contribution in [-0.4, -0.2) is 25.0 Å². The molecule has 5 rings (SSSR count). The van der Waals surface area contributed by atoms with Crippen LogP contribution in [0.4, 0.5) is 0 Å². The summed E-state index contributed by atoms with van der Waals surface area (Å²) in [6.45, 7) is 7.81. The molecule has 0 aliphatic heterocycles. The van der Waals surface area contributed by atoms with Crippen LogP contribution in [0.2, 0.25) is 0 Å². The van der Waals surface area contributed by atoms with E-state index in [0.717, 1.165) is 38.5 Å². The van der Waals surface area contributed by atoms with Gasteiger partial charge in [0, 0.05) is 18.9 Å². The Kier molecular flexibility index (Phi) is 4.37. The predicted molar refractivity (Wildman–Crippen MR) is 98.1 cm³/mol. The third-order valence-electron chi connectivity index (χ3n) is 8.07. The lowest BCUT2D eigenvalue weighted by Gasteiger charge is -2.63. The molecule has 4 nitrogen and oxygen atoms in total. The number of hydrogen-bond acceptors (Lipinski definition) is 4. The van der Waals surface area contributed by atoms with Gasteiger partial charge in [-0.1, -0.05) is 32.4 Å². The summed E-state index contributed by atoms with van der Waals surface area (Å²) < 4.78 is 11.8. The number of carbonyl (C=O) groups excluding carboxylic acids is 2. The molecule has 0 radical (unpaired) electrons. The zero-order valence-corrected chi connectivity index (χ0v) is 15.8. The van der Waals surface area contributed by atoms with Crippen molar-refractivity contribution in [3.8, 4) is 0 Å². The van der Waals surface area contributed by atoms with E-state index >= 15 is 0 Å². The normalized spacial score (nSPS) is 43.3. The molecule has 4 heteroatoms. The fourth-order valence-corrected chi connectivity index (χ4v) is 6.97. The van der Waals surface area contributed by atoms with Crippen molar-refractivity contribution in [1.82, 2.24) is 0 Å².